The Kier molecular flexibility index (Phi) is 5.13. The van der Waals surface area contributed by atoms with Crippen LogP contribution >= 0.6 is 12.4 Å². The van der Waals surface area contributed by atoms with Crippen LogP contribution in [0.5, 0.6) is 0 Å². The lowest BCUT2D eigenvalue weighted by Crippen LogP contribution is -2.09. The van der Waals surface area contributed by atoms with E-state index in [9.17, 15) is 0 Å². The van der Waals surface area contributed by atoms with Crippen molar-refractivity contribution in [3.8, 4) is 0 Å². The normalized spacial score (nSPS) is 8.67. The quantitative estimate of drug-likeness (QED) is 0.548. The fourth-order valence-corrected chi connectivity index (χ4v) is 0.924. The average molecular weight is 185 g/mol. The summed E-state index contributed by atoms with van der Waals surface area (Å²) in [6.45, 7) is 0. The Bertz CT molecular complexity index is 234. The van der Waals surface area contributed by atoms with E-state index in [1.807, 2.05) is 30.3 Å². The summed E-state index contributed by atoms with van der Waals surface area (Å²) < 4.78 is 0. The van der Waals surface area contributed by atoms with Crippen molar-refractivity contribution in [1.29, 1.82) is 5.41 Å². The van der Waals surface area contributed by atoms with E-state index < -0.39 is 0 Å². The van der Waals surface area contributed by atoms with Crippen molar-refractivity contribution in [3.63, 3.8) is 0 Å². The van der Waals surface area contributed by atoms with E-state index in [2.05, 4.69) is 0 Å². The summed E-state index contributed by atoms with van der Waals surface area (Å²) in [7, 11) is 0. The van der Waals surface area contributed by atoms with Crippen LogP contribution in [0.25, 0.3) is 0 Å². The zero-order chi connectivity index (χ0) is 8.10. The second-order valence-electron chi connectivity index (χ2n) is 2.51. The first-order chi connectivity index (χ1) is 5.29. The standard InChI is InChI=1S/C9H12N2.ClH/c10-9(11)7-6-8-4-2-1-3-5-8;/h1-5H,6-7H2,(H3,10,11);1H. The molecule has 2 nitrogen and oxygen atoms in total. The summed E-state index contributed by atoms with van der Waals surface area (Å²) in [6.07, 6.45) is 1.53. The molecule has 0 unspecified atom stereocenters. The van der Waals surface area contributed by atoms with Crippen molar-refractivity contribution < 1.29 is 0 Å². The van der Waals surface area contributed by atoms with Gasteiger partial charge in [-0.15, -0.1) is 12.4 Å². The highest BCUT2D eigenvalue weighted by Gasteiger charge is 1.91. The number of nitrogens with one attached hydrogen (secondary N) is 1. The second kappa shape index (κ2) is 5.61. The Labute approximate surface area is 78.7 Å². The van der Waals surface area contributed by atoms with Gasteiger partial charge in [-0.25, -0.2) is 0 Å². The fourth-order valence-electron chi connectivity index (χ4n) is 0.924. The Morgan fingerprint density at radius 1 is 1.25 bits per heavy atom. The van der Waals surface area contributed by atoms with Crippen molar-refractivity contribution in [2.45, 2.75) is 12.8 Å². The molecule has 3 heteroatoms. The predicted octanol–water partition coefficient (Wildman–Crippen LogP) is 1.98. The van der Waals surface area contributed by atoms with Gasteiger partial charge in [-0.05, 0) is 12.0 Å². The van der Waals surface area contributed by atoms with Crippen LogP contribution in [0.2, 0.25) is 0 Å². The Hall–Kier alpha value is -1.02. The fraction of sp³-hybridized carbons (Fsp3) is 0.222. The lowest BCUT2D eigenvalue weighted by atomic mass is 10.1. The number of amidine groups is 1. The lowest BCUT2D eigenvalue weighted by molar-refractivity contribution is 1.02. The van der Waals surface area contributed by atoms with Crippen molar-refractivity contribution in [2.24, 2.45) is 5.73 Å². The molecule has 0 atom stereocenters. The third-order valence-electron chi connectivity index (χ3n) is 1.53. The summed E-state index contributed by atoms with van der Waals surface area (Å²) >= 11 is 0. The van der Waals surface area contributed by atoms with Gasteiger partial charge in [0.2, 0.25) is 0 Å². The Morgan fingerprint density at radius 2 is 1.83 bits per heavy atom. The van der Waals surface area contributed by atoms with Gasteiger partial charge in [-0.3, -0.25) is 5.41 Å². The van der Waals surface area contributed by atoms with E-state index in [0.29, 0.717) is 6.42 Å². The maximum Gasteiger partial charge on any atom is 0.0908 e. The summed E-state index contributed by atoms with van der Waals surface area (Å²) in [4.78, 5) is 0. The van der Waals surface area contributed by atoms with E-state index in [0.717, 1.165) is 6.42 Å². The van der Waals surface area contributed by atoms with Crippen molar-refractivity contribution >= 4 is 18.2 Å². The van der Waals surface area contributed by atoms with Crippen LogP contribution in [0, 0.1) is 5.41 Å². The van der Waals surface area contributed by atoms with E-state index in [4.69, 9.17) is 11.1 Å². The van der Waals surface area contributed by atoms with Crippen LogP contribution in [0.3, 0.4) is 0 Å². The summed E-state index contributed by atoms with van der Waals surface area (Å²) in [5.41, 5.74) is 6.46. The SMILES string of the molecule is Cl.N=C(N)CCc1ccccc1. The molecule has 0 saturated heterocycles. The van der Waals surface area contributed by atoms with Crippen molar-refractivity contribution in [3.05, 3.63) is 35.9 Å². The molecular weight excluding hydrogens is 172 g/mol. The van der Waals surface area contributed by atoms with Gasteiger partial charge in [0.05, 0.1) is 5.84 Å². The van der Waals surface area contributed by atoms with Gasteiger partial charge >= 0.3 is 0 Å². The lowest BCUT2D eigenvalue weighted by Gasteiger charge is -1.97. The molecule has 1 aromatic rings. The highest BCUT2D eigenvalue weighted by atomic mass is 35.5. The van der Waals surface area contributed by atoms with Gasteiger partial charge < -0.3 is 5.73 Å². The maximum atomic E-state index is 7.02. The molecule has 0 bridgehead atoms. The predicted molar refractivity (Wildman–Crippen MR) is 53.9 cm³/mol. The van der Waals surface area contributed by atoms with Crippen molar-refractivity contribution in [2.75, 3.05) is 0 Å². The molecule has 12 heavy (non-hydrogen) atoms. The van der Waals surface area contributed by atoms with Crippen LogP contribution in [0.4, 0.5) is 0 Å². The number of rotatable bonds is 3. The van der Waals surface area contributed by atoms with E-state index in [-0.39, 0.29) is 18.2 Å². The molecule has 0 heterocycles. The van der Waals surface area contributed by atoms with E-state index in [1.54, 1.807) is 0 Å². The molecule has 3 N–H and O–H groups in total. The first-order valence-corrected chi connectivity index (χ1v) is 3.66. The third kappa shape index (κ3) is 3.98. The van der Waals surface area contributed by atoms with Crippen LogP contribution in [-0.4, -0.2) is 5.84 Å². The summed E-state index contributed by atoms with van der Waals surface area (Å²) in [6, 6.07) is 10.1. The van der Waals surface area contributed by atoms with Crippen LogP contribution in [0.1, 0.15) is 12.0 Å². The third-order valence-corrected chi connectivity index (χ3v) is 1.53. The van der Waals surface area contributed by atoms with Gasteiger partial charge in [0.1, 0.15) is 0 Å². The molecule has 0 saturated carbocycles. The zero-order valence-corrected chi connectivity index (χ0v) is 7.60. The molecule has 1 aromatic carbocycles. The molecule has 1 rings (SSSR count). The molecule has 0 aliphatic heterocycles. The number of aryl methyl sites for hydroxylation is 1. The number of hydrogen-bond acceptors (Lipinski definition) is 1. The van der Waals surface area contributed by atoms with Gasteiger partial charge in [-0.1, -0.05) is 30.3 Å². The summed E-state index contributed by atoms with van der Waals surface area (Å²) in [5, 5.41) is 7.02. The highest BCUT2D eigenvalue weighted by Crippen LogP contribution is 2.01. The molecule has 0 amide bonds. The zero-order valence-electron chi connectivity index (χ0n) is 6.79. The van der Waals surface area contributed by atoms with Gasteiger partial charge in [-0.2, -0.15) is 0 Å². The van der Waals surface area contributed by atoms with Gasteiger partial charge in [0.15, 0.2) is 0 Å². The monoisotopic (exact) mass is 184 g/mol. The second-order valence-corrected chi connectivity index (χ2v) is 2.51. The molecule has 0 aromatic heterocycles. The molecule has 0 radical (unpaired) electrons. The van der Waals surface area contributed by atoms with Crippen molar-refractivity contribution in [1.82, 2.24) is 0 Å². The van der Waals surface area contributed by atoms with Crippen LogP contribution < -0.4 is 5.73 Å². The molecule has 0 aliphatic rings. The minimum atomic E-state index is 0. The minimum Gasteiger partial charge on any atom is -0.388 e. The smallest absolute Gasteiger partial charge is 0.0908 e. The highest BCUT2D eigenvalue weighted by molar-refractivity contribution is 5.85. The van der Waals surface area contributed by atoms with E-state index in [1.165, 1.54) is 5.56 Å². The van der Waals surface area contributed by atoms with E-state index >= 15 is 0 Å². The van der Waals surface area contributed by atoms with Crippen LogP contribution in [0.15, 0.2) is 30.3 Å². The summed E-state index contributed by atoms with van der Waals surface area (Å²) in [5.74, 6) is 0.258. The number of halogens is 1. The average Bonchev–Trinajstić information content (AvgIpc) is 2.03. The van der Waals surface area contributed by atoms with Gasteiger partial charge in [0, 0.05) is 6.42 Å². The topological polar surface area (TPSA) is 49.9 Å². The maximum absolute atomic E-state index is 7.02. The Balaban J connectivity index is 0.00000121. The molecule has 0 spiro atoms. The first-order valence-electron chi connectivity index (χ1n) is 3.66. The van der Waals surface area contributed by atoms with Crippen LogP contribution in [-0.2, 0) is 6.42 Å². The largest absolute Gasteiger partial charge is 0.388 e. The molecule has 66 valence electrons. The Morgan fingerprint density at radius 3 is 2.33 bits per heavy atom. The number of hydrogen-bond donors (Lipinski definition) is 2. The minimum absolute atomic E-state index is 0. The number of benzene rings is 1. The molecular formula is C9H13ClN2. The molecule has 0 aliphatic carbocycles. The first kappa shape index (κ1) is 11.0. The molecule has 0 fully saturated rings. The number of nitrogens with two attached hydrogens (primary N) is 1. The van der Waals surface area contributed by atoms with Gasteiger partial charge in [0.25, 0.3) is 0 Å².